The molecule has 2 aromatic heterocycles. The van der Waals surface area contributed by atoms with Crippen LogP contribution in [0.3, 0.4) is 0 Å². The fraction of sp³-hybridized carbons (Fsp3) is 0.0769. The minimum atomic E-state index is 0.529. The minimum Gasteiger partial charge on any atom is -0.396 e. The van der Waals surface area contributed by atoms with E-state index in [1.165, 1.54) is 4.88 Å². The highest BCUT2D eigenvalue weighted by Crippen LogP contribution is 2.30. The van der Waals surface area contributed by atoms with Crippen molar-refractivity contribution in [1.29, 1.82) is 5.26 Å². The van der Waals surface area contributed by atoms with Crippen molar-refractivity contribution in [2.24, 2.45) is 5.73 Å². The molecule has 0 radical (unpaired) electrons. The molecule has 0 aliphatic carbocycles. The van der Waals surface area contributed by atoms with Crippen LogP contribution in [0, 0.1) is 18.3 Å². The second kappa shape index (κ2) is 3.86. The molecule has 3 heterocycles. The van der Waals surface area contributed by atoms with Crippen LogP contribution in [0.15, 0.2) is 18.3 Å². The molecule has 0 saturated carbocycles. The standard InChI is InChI=1S/C13H10N4S/c1-7-2-10-11(15)12-9(6-17-13(10)18-7)3-8(4-14)5-16-12/h2-3,5-6,17H,15H2,1H3. The molecular weight excluding hydrogens is 244 g/mol. The SMILES string of the molecule is Cc1cc2c(s1)NC=c1cc(C#N)cnc1=C2N. The summed E-state index contributed by atoms with van der Waals surface area (Å²) in [7, 11) is 0. The zero-order valence-electron chi connectivity index (χ0n) is 9.69. The maximum absolute atomic E-state index is 8.89. The van der Waals surface area contributed by atoms with Gasteiger partial charge in [0.2, 0.25) is 0 Å². The van der Waals surface area contributed by atoms with Crippen molar-refractivity contribution in [3.8, 4) is 6.07 Å². The molecular formula is C13H10N4S. The molecule has 0 bridgehead atoms. The van der Waals surface area contributed by atoms with E-state index in [0.29, 0.717) is 11.3 Å². The fourth-order valence-corrected chi connectivity index (χ4v) is 2.87. The third-order valence-corrected chi connectivity index (χ3v) is 3.79. The second-order valence-electron chi connectivity index (χ2n) is 4.08. The maximum atomic E-state index is 8.89. The van der Waals surface area contributed by atoms with Gasteiger partial charge >= 0.3 is 0 Å². The highest BCUT2D eigenvalue weighted by atomic mass is 32.1. The Morgan fingerprint density at radius 1 is 1.44 bits per heavy atom. The molecule has 0 unspecified atom stereocenters. The number of nitrogens with one attached hydrogen (secondary N) is 1. The summed E-state index contributed by atoms with van der Waals surface area (Å²) in [4.78, 5) is 5.48. The van der Waals surface area contributed by atoms with Gasteiger partial charge in [-0.3, -0.25) is 4.98 Å². The van der Waals surface area contributed by atoms with Crippen LogP contribution >= 0.6 is 11.3 Å². The molecule has 18 heavy (non-hydrogen) atoms. The number of aromatic nitrogens is 1. The lowest BCUT2D eigenvalue weighted by atomic mass is 10.2. The highest BCUT2D eigenvalue weighted by molar-refractivity contribution is 7.16. The van der Waals surface area contributed by atoms with Crippen molar-refractivity contribution >= 4 is 28.2 Å². The van der Waals surface area contributed by atoms with Gasteiger partial charge in [0.1, 0.15) is 11.1 Å². The molecule has 0 aromatic carbocycles. The maximum Gasteiger partial charge on any atom is 0.102 e. The lowest BCUT2D eigenvalue weighted by molar-refractivity contribution is 1.18. The van der Waals surface area contributed by atoms with Crippen molar-refractivity contribution in [3.05, 3.63) is 44.9 Å². The van der Waals surface area contributed by atoms with Crippen LogP contribution in [-0.4, -0.2) is 4.98 Å². The van der Waals surface area contributed by atoms with Crippen LogP contribution in [0.5, 0.6) is 0 Å². The number of anilines is 1. The average molecular weight is 254 g/mol. The molecule has 0 atom stereocenters. The van der Waals surface area contributed by atoms with E-state index in [4.69, 9.17) is 11.0 Å². The van der Waals surface area contributed by atoms with E-state index < -0.39 is 0 Å². The van der Waals surface area contributed by atoms with E-state index in [2.05, 4.69) is 16.4 Å². The van der Waals surface area contributed by atoms with Crippen LogP contribution < -0.4 is 21.6 Å². The number of nitriles is 1. The Morgan fingerprint density at radius 3 is 3.06 bits per heavy atom. The zero-order chi connectivity index (χ0) is 12.7. The first-order chi connectivity index (χ1) is 8.69. The molecule has 1 aliphatic rings. The van der Waals surface area contributed by atoms with Gasteiger partial charge in [-0.2, -0.15) is 5.26 Å². The molecule has 0 saturated heterocycles. The van der Waals surface area contributed by atoms with E-state index in [1.807, 2.05) is 19.2 Å². The third kappa shape index (κ3) is 1.55. The monoisotopic (exact) mass is 254 g/mol. The van der Waals surface area contributed by atoms with Crippen molar-refractivity contribution in [1.82, 2.24) is 4.98 Å². The number of nitrogens with zero attached hydrogens (tertiary/aromatic N) is 2. The molecule has 2 aromatic rings. The van der Waals surface area contributed by atoms with Gasteiger partial charge in [0.15, 0.2) is 0 Å². The van der Waals surface area contributed by atoms with Gasteiger partial charge in [0.05, 0.1) is 16.6 Å². The summed E-state index contributed by atoms with van der Waals surface area (Å²) in [6.45, 7) is 2.04. The van der Waals surface area contributed by atoms with Crippen molar-refractivity contribution in [3.63, 3.8) is 0 Å². The number of pyridine rings is 1. The first-order valence-corrected chi connectivity index (χ1v) is 6.24. The van der Waals surface area contributed by atoms with E-state index in [1.54, 1.807) is 23.6 Å². The topological polar surface area (TPSA) is 74.7 Å². The predicted molar refractivity (Wildman–Crippen MR) is 72.0 cm³/mol. The molecule has 4 nitrogen and oxygen atoms in total. The largest absolute Gasteiger partial charge is 0.396 e. The van der Waals surface area contributed by atoms with E-state index in [-0.39, 0.29) is 0 Å². The lowest BCUT2D eigenvalue weighted by Crippen LogP contribution is -2.33. The highest BCUT2D eigenvalue weighted by Gasteiger charge is 2.12. The lowest BCUT2D eigenvalue weighted by Gasteiger charge is -1.99. The van der Waals surface area contributed by atoms with Gasteiger partial charge in [-0.15, -0.1) is 11.3 Å². The Morgan fingerprint density at radius 2 is 2.28 bits per heavy atom. The molecule has 0 amide bonds. The molecule has 3 N–H and O–H groups in total. The number of aryl methyl sites for hydroxylation is 1. The Kier molecular flexibility index (Phi) is 2.32. The van der Waals surface area contributed by atoms with Gasteiger partial charge in [0, 0.05) is 28.1 Å². The number of hydrogen-bond acceptors (Lipinski definition) is 5. The Hall–Kier alpha value is -2.32. The number of rotatable bonds is 0. The third-order valence-electron chi connectivity index (χ3n) is 2.81. The summed E-state index contributed by atoms with van der Waals surface area (Å²) >= 11 is 1.65. The first kappa shape index (κ1) is 10.8. The summed E-state index contributed by atoms with van der Waals surface area (Å²) in [5.41, 5.74) is 8.33. The molecule has 0 spiro atoms. The van der Waals surface area contributed by atoms with Gasteiger partial charge in [0.25, 0.3) is 0 Å². The second-order valence-corrected chi connectivity index (χ2v) is 5.33. The van der Waals surface area contributed by atoms with Crippen molar-refractivity contribution < 1.29 is 0 Å². The molecule has 3 rings (SSSR count). The van der Waals surface area contributed by atoms with E-state index in [0.717, 1.165) is 21.1 Å². The van der Waals surface area contributed by atoms with Crippen LogP contribution in [-0.2, 0) is 0 Å². The van der Waals surface area contributed by atoms with Crippen LogP contribution in [0.2, 0.25) is 0 Å². The van der Waals surface area contributed by atoms with E-state index in [9.17, 15) is 0 Å². The van der Waals surface area contributed by atoms with Crippen molar-refractivity contribution in [2.45, 2.75) is 6.92 Å². The number of thiophene rings is 1. The van der Waals surface area contributed by atoms with Crippen LogP contribution in [0.4, 0.5) is 5.00 Å². The van der Waals surface area contributed by atoms with Crippen LogP contribution in [0.1, 0.15) is 16.0 Å². The molecule has 1 aliphatic heterocycles. The average Bonchev–Trinajstić information content (AvgIpc) is 2.71. The van der Waals surface area contributed by atoms with Gasteiger partial charge in [-0.25, -0.2) is 0 Å². The molecule has 0 fully saturated rings. The Labute approximate surface area is 108 Å². The summed E-state index contributed by atoms with van der Waals surface area (Å²) in [6.07, 6.45) is 3.39. The summed E-state index contributed by atoms with van der Waals surface area (Å²) in [5.74, 6) is 0. The van der Waals surface area contributed by atoms with Gasteiger partial charge in [-0.05, 0) is 19.1 Å². The molecule has 5 heteroatoms. The summed E-state index contributed by atoms with van der Waals surface area (Å²) < 4.78 is 0. The number of nitrogens with two attached hydrogens (primary N) is 1. The predicted octanol–water partition coefficient (Wildman–Crippen LogP) is 0.602. The van der Waals surface area contributed by atoms with Crippen molar-refractivity contribution in [2.75, 3.05) is 5.32 Å². The Bertz CT molecular complexity index is 795. The molecule has 88 valence electrons. The van der Waals surface area contributed by atoms with Gasteiger partial charge < -0.3 is 11.1 Å². The smallest absolute Gasteiger partial charge is 0.102 e. The van der Waals surface area contributed by atoms with E-state index >= 15 is 0 Å². The number of hydrogen-bond donors (Lipinski definition) is 2. The quantitative estimate of drug-likeness (QED) is 0.722. The normalized spacial score (nSPS) is 12.6. The minimum absolute atomic E-state index is 0.529. The summed E-state index contributed by atoms with van der Waals surface area (Å²) in [5, 5.41) is 14.7. The Balaban J connectivity index is 2.38. The zero-order valence-corrected chi connectivity index (χ0v) is 10.5. The number of fused-ring (bicyclic) bond motifs is 2. The van der Waals surface area contributed by atoms with Crippen LogP contribution in [0.25, 0.3) is 11.9 Å². The summed E-state index contributed by atoms with van der Waals surface area (Å²) in [6, 6.07) is 5.91. The fourth-order valence-electron chi connectivity index (χ4n) is 1.97. The van der Waals surface area contributed by atoms with Gasteiger partial charge in [-0.1, -0.05) is 0 Å². The first-order valence-electron chi connectivity index (χ1n) is 5.42.